The minimum absolute atomic E-state index is 0.432. The summed E-state index contributed by atoms with van der Waals surface area (Å²) in [5, 5.41) is 1.74. The average molecular weight is 206 g/mol. The Morgan fingerprint density at radius 2 is 1.83 bits per heavy atom. The molecule has 0 aliphatic carbocycles. The molecule has 0 saturated carbocycles. The van der Waals surface area contributed by atoms with Gasteiger partial charge in [0.15, 0.2) is 0 Å². The first kappa shape index (κ1) is 9.47. The van der Waals surface area contributed by atoms with E-state index in [4.69, 9.17) is 0 Å². The zero-order chi connectivity index (χ0) is 8.97. The Hall–Kier alpha value is -0.616. The van der Waals surface area contributed by atoms with Crippen LogP contribution in [-0.4, -0.2) is 11.2 Å². The zero-order valence-electron chi connectivity index (χ0n) is 7.30. The van der Waals surface area contributed by atoms with Gasteiger partial charge in [0.2, 0.25) is 0 Å². The third-order valence-corrected chi connectivity index (χ3v) is 1.97. The number of hydrogen-bond donors (Lipinski definition) is 0. The van der Waals surface area contributed by atoms with Gasteiger partial charge in [-0.2, -0.15) is 0 Å². The van der Waals surface area contributed by atoms with Crippen LogP contribution < -0.4 is 4.90 Å². The van der Waals surface area contributed by atoms with E-state index in [-0.39, 0.29) is 0 Å². The molecule has 0 saturated heterocycles. The van der Waals surface area contributed by atoms with Gasteiger partial charge in [0.05, 0.1) is 0 Å². The number of hydrogen-bond acceptors (Lipinski definition) is 1. The van der Waals surface area contributed by atoms with Gasteiger partial charge in [-0.3, -0.25) is 0 Å². The Balaban J connectivity index is 2.88. The molecule has 0 bridgehead atoms. The molecule has 2 heteroatoms. The minimum atomic E-state index is 0.432. The number of benzene rings is 1. The molecule has 12 heavy (non-hydrogen) atoms. The molecule has 0 aliphatic rings. The molecule has 1 aromatic rings. The molecule has 0 N–H and O–H groups in total. The van der Waals surface area contributed by atoms with E-state index in [1.165, 1.54) is 5.69 Å². The normalized spacial score (nSPS) is 10.1. The van der Waals surface area contributed by atoms with Crippen LogP contribution in [0.1, 0.15) is 13.8 Å². The summed E-state index contributed by atoms with van der Waals surface area (Å²) in [6.07, 6.45) is 0. The monoisotopic (exact) mass is 205 g/mol. The first-order valence-corrected chi connectivity index (χ1v) is 4.56. The van der Waals surface area contributed by atoms with Crippen LogP contribution in [0, 0.1) is 0 Å². The average Bonchev–Trinajstić information content (AvgIpc) is 2.07. The number of para-hydroxylation sites is 1. The van der Waals surface area contributed by atoms with Crippen molar-refractivity contribution in [3.8, 4) is 0 Å². The molecule has 1 aromatic carbocycles. The number of rotatable bonds is 3. The fourth-order valence-corrected chi connectivity index (χ4v) is 1.48. The summed E-state index contributed by atoms with van der Waals surface area (Å²) in [6, 6.07) is 10.6. The van der Waals surface area contributed by atoms with Crippen molar-refractivity contribution in [2.45, 2.75) is 19.9 Å². The molecule has 0 fully saturated rings. The summed E-state index contributed by atoms with van der Waals surface area (Å²) in [5.41, 5.74) is 1.17. The van der Waals surface area contributed by atoms with Crippen LogP contribution in [0.15, 0.2) is 30.3 Å². The van der Waals surface area contributed by atoms with Gasteiger partial charge in [0.25, 0.3) is 0 Å². The van der Waals surface area contributed by atoms with Crippen molar-refractivity contribution in [2.24, 2.45) is 0 Å². The fraction of sp³-hybridized carbons (Fsp3) is 0.300. The maximum atomic E-state index is 4.65. The Morgan fingerprint density at radius 3 is 2.25 bits per heavy atom. The van der Waals surface area contributed by atoms with E-state index in [9.17, 15) is 0 Å². The third-order valence-electron chi connectivity index (χ3n) is 1.70. The Morgan fingerprint density at radius 1 is 1.25 bits per heavy atom. The van der Waals surface area contributed by atoms with Crippen LogP contribution in [0.4, 0.5) is 5.69 Å². The quantitative estimate of drug-likeness (QED) is 0.685. The van der Waals surface area contributed by atoms with Crippen molar-refractivity contribution in [1.29, 1.82) is 0 Å². The molecular formula is C10H13NNi. The van der Waals surface area contributed by atoms with Gasteiger partial charge in [-0.05, 0) is 0 Å². The van der Waals surface area contributed by atoms with Crippen molar-refractivity contribution in [3.05, 3.63) is 30.3 Å². The molecule has 0 spiro atoms. The maximum absolute atomic E-state index is 4.65. The molecule has 0 heterocycles. The molecule has 0 atom stereocenters. The van der Waals surface area contributed by atoms with Crippen molar-refractivity contribution in [1.82, 2.24) is 0 Å². The third kappa shape index (κ3) is 2.18. The molecule has 0 unspecified atom stereocenters. The topological polar surface area (TPSA) is 3.24 Å². The van der Waals surface area contributed by atoms with Crippen molar-refractivity contribution in [2.75, 3.05) is 4.90 Å². The van der Waals surface area contributed by atoms with E-state index in [1.54, 1.807) is 5.12 Å². The van der Waals surface area contributed by atoms with Gasteiger partial charge in [0, 0.05) is 0 Å². The molecule has 0 aromatic heterocycles. The molecular weight excluding hydrogens is 193 g/mol. The van der Waals surface area contributed by atoms with Gasteiger partial charge in [-0.15, -0.1) is 0 Å². The Bertz CT molecular complexity index is 243. The number of nitrogens with zero attached hydrogens (tertiary/aromatic N) is 1. The van der Waals surface area contributed by atoms with Crippen molar-refractivity contribution < 1.29 is 15.0 Å². The van der Waals surface area contributed by atoms with Crippen LogP contribution in [-0.2, 0) is 15.0 Å². The summed E-state index contributed by atoms with van der Waals surface area (Å²) in [5.74, 6) is 0. The molecule has 1 rings (SSSR count). The summed E-state index contributed by atoms with van der Waals surface area (Å²) >= 11 is 4.65. The van der Waals surface area contributed by atoms with Crippen LogP contribution in [0.2, 0.25) is 0 Å². The molecule has 0 aliphatic heterocycles. The second-order valence-electron chi connectivity index (χ2n) is 2.92. The second kappa shape index (κ2) is 4.42. The van der Waals surface area contributed by atoms with Crippen LogP contribution in [0.3, 0.4) is 0 Å². The first-order valence-electron chi connectivity index (χ1n) is 3.99. The van der Waals surface area contributed by atoms with E-state index < -0.39 is 0 Å². The van der Waals surface area contributed by atoms with Crippen LogP contribution >= 0.6 is 0 Å². The van der Waals surface area contributed by atoms with Gasteiger partial charge >= 0.3 is 81.0 Å². The Labute approximate surface area is 81.3 Å². The molecule has 0 amide bonds. The van der Waals surface area contributed by atoms with Gasteiger partial charge in [-0.25, -0.2) is 0 Å². The SMILES string of the molecule is CC(C)N([CH]=[Ni])c1ccccc1. The molecule has 0 radical (unpaired) electrons. The van der Waals surface area contributed by atoms with E-state index in [2.05, 4.69) is 45.9 Å². The van der Waals surface area contributed by atoms with Crippen LogP contribution in [0.5, 0.6) is 0 Å². The summed E-state index contributed by atoms with van der Waals surface area (Å²) in [4.78, 5) is 2.08. The van der Waals surface area contributed by atoms with Crippen molar-refractivity contribution in [3.63, 3.8) is 0 Å². The predicted molar refractivity (Wildman–Crippen MR) is 50.1 cm³/mol. The van der Waals surface area contributed by atoms with E-state index in [1.807, 2.05) is 18.2 Å². The predicted octanol–water partition coefficient (Wildman–Crippen LogP) is 2.21. The summed E-state index contributed by atoms with van der Waals surface area (Å²) in [6.45, 7) is 4.26. The zero-order valence-corrected chi connectivity index (χ0v) is 8.29. The van der Waals surface area contributed by atoms with Crippen molar-refractivity contribution >= 4 is 10.8 Å². The van der Waals surface area contributed by atoms with Crippen LogP contribution in [0.25, 0.3) is 0 Å². The summed E-state index contributed by atoms with van der Waals surface area (Å²) in [7, 11) is 0. The van der Waals surface area contributed by atoms with E-state index in [0.29, 0.717) is 6.04 Å². The first-order chi connectivity index (χ1) is 5.75. The summed E-state index contributed by atoms with van der Waals surface area (Å²) < 4.78 is 0. The van der Waals surface area contributed by atoms with E-state index >= 15 is 0 Å². The Kier molecular flexibility index (Phi) is 3.49. The van der Waals surface area contributed by atoms with Gasteiger partial charge in [0.1, 0.15) is 0 Å². The fourth-order valence-electron chi connectivity index (χ4n) is 1.04. The van der Waals surface area contributed by atoms with Gasteiger partial charge < -0.3 is 0 Å². The molecule has 1 nitrogen and oxygen atoms in total. The molecule has 68 valence electrons. The standard InChI is InChI=1S/C10H13N.Ni/c1-9(2)11(3)10-7-5-4-6-8-10;/h3-9H,1-2H3;. The van der Waals surface area contributed by atoms with E-state index in [0.717, 1.165) is 0 Å². The second-order valence-corrected chi connectivity index (χ2v) is 3.17. The van der Waals surface area contributed by atoms with Gasteiger partial charge in [-0.1, -0.05) is 0 Å². The number of anilines is 1.